The lowest BCUT2D eigenvalue weighted by Gasteiger charge is -2.12. The molecular formula is C11H15N9O2. The predicted molar refractivity (Wildman–Crippen MR) is 74.9 cm³/mol. The number of nitrogens with one attached hydrogen (secondary N) is 4. The summed E-state index contributed by atoms with van der Waals surface area (Å²) >= 11 is 0. The highest BCUT2D eigenvalue weighted by atomic mass is 16.5. The van der Waals surface area contributed by atoms with E-state index in [0.29, 0.717) is 11.3 Å². The van der Waals surface area contributed by atoms with Crippen LogP contribution in [0.1, 0.15) is 30.0 Å². The molecule has 0 spiro atoms. The number of hydrogen-bond acceptors (Lipinski definition) is 9. The Labute approximate surface area is 125 Å². The van der Waals surface area contributed by atoms with E-state index in [1.807, 2.05) is 5.43 Å². The van der Waals surface area contributed by atoms with Crippen molar-refractivity contribution < 1.29 is 9.53 Å². The molecular weight excluding hydrogens is 290 g/mol. The summed E-state index contributed by atoms with van der Waals surface area (Å²) in [7, 11) is 0. The normalized spacial score (nSPS) is 13.6. The van der Waals surface area contributed by atoms with Crippen LogP contribution >= 0.6 is 0 Å². The molecule has 1 heterocycles. The molecule has 11 nitrogen and oxygen atoms in total. The molecule has 2 amide bonds. The van der Waals surface area contributed by atoms with Gasteiger partial charge in [0, 0.05) is 12.0 Å². The first-order valence-corrected chi connectivity index (χ1v) is 6.41. The summed E-state index contributed by atoms with van der Waals surface area (Å²) in [5.41, 5.74) is 14.9. The Bertz CT molecular complexity index is 612. The van der Waals surface area contributed by atoms with Crippen LogP contribution in [0, 0.1) is 10.9 Å². The molecule has 11 heteroatoms. The molecule has 1 aliphatic carbocycles. The SMILES string of the molecule is N=NNC(=O)Nc1nnnc(C2CC2)c1COC(=N)/C=C\N. The summed E-state index contributed by atoms with van der Waals surface area (Å²) in [5.74, 6) is 0.276. The lowest BCUT2D eigenvalue weighted by atomic mass is 10.1. The molecule has 0 atom stereocenters. The maximum atomic E-state index is 11.5. The Morgan fingerprint density at radius 1 is 1.50 bits per heavy atom. The van der Waals surface area contributed by atoms with Gasteiger partial charge in [0.05, 0.1) is 11.3 Å². The predicted octanol–water partition coefficient (Wildman–Crippen LogP) is 0.783. The van der Waals surface area contributed by atoms with Gasteiger partial charge in [-0.1, -0.05) is 5.22 Å². The van der Waals surface area contributed by atoms with E-state index in [9.17, 15) is 4.79 Å². The van der Waals surface area contributed by atoms with Gasteiger partial charge in [-0.25, -0.2) is 10.2 Å². The zero-order valence-electron chi connectivity index (χ0n) is 11.5. The zero-order chi connectivity index (χ0) is 15.9. The van der Waals surface area contributed by atoms with Crippen LogP contribution in [0.3, 0.4) is 0 Å². The fourth-order valence-electron chi connectivity index (χ4n) is 1.76. The van der Waals surface area contributed by atoms with E-state index >= 15 is 0 Å². The zero-order valence-corrected chi connectivity index (χ0v) is 11.5. The van der Waals surface area contributed by atoms with E-state index < -0.39 is 6.03 Å². The maximum absolute atomic E-state index is 11.5. The molecule has 1 aromatic heterocycles. The number of ether oxygens (including phenoxy) is 1. The Morgan fingerprint density at radius 3 is 2.91 bits per heavy atom. The van der Waals surface area contributed by atoms with Crippen LogP contribution in [0.15, 0.2) is 17.5 Å². The molecule has 0 aromatic carbocycles. The van der Waals surface area contributed by atoms with E-state index in [1.54, 1.807) is 0 Å². The van der Waals surface area contributed by atoms with Crippen molar-refractivity contribution in [1.82, 2.24) is 20.8 Å². The highest BCUT2D eigenvalue weighted by Crippen LogP contribution is 2.41. The standard InChI is InChI=1S/C11H15N9O2/c12-4-3-8(13)22-5-7-9(6-1-2-6)16-20-17-10(7)15-11(21)18-19-14/h3-4,6,13H,1-2,5,12H2,(H3,14,15,16,17,18,21)/b4-3-,13-8?. The second-order valence-electron chi connectivity index (χ2n) is 4.47. The number of urea groups is 1. The minimum Gasteiger partial charge on any atom is -0.473 e. The summed E-state index contributed by atoms with van der Waals surface area (Å²) < 4.78 is 5.25. The van der Waals surface area contributed by atoms with Crippen molar-refractivity contribution in [3.05, 3.63) is 23.5 Å². The summed E-state index contributed by atoms with van der Waals surface area (Å²) in [6.07, 6.45) is 4.42. The van der Waals surface area contributed by atoms with Gasteiger partial charge in [0.25, 0.3) is 0 Å². The van der Waals surface area contributed by atoms with E-state index in [-0.39, 0.29) is 24.2 Å². The van der Waals surface area contributed by atoms with E-state index in [0.717, 1.165) is 12.8 Å². The minimum atomic E-state index is -0.726. The van der Waals surface area contributed by atoms with Crippen LogP contribution in [0.25, 0.3) is 0 Å². The minimum absolute atomic E-state index is 0.00877. The van der Waals surface area contributed by atoms with Crippen molar-refractivity contribution in [2.45, 2.75) is 25.4 Å². The second-order valence-corrected chi connectivity index (χ2v) is 4.47. The molecule has 0 aliphatic heterocycles. The Balaban J connectivity index is 2.20. The fraction of sp³-hybridized carbons (Fsp3) is 0.364. The van der Waals surface area contributed by atoms with Gasteiger partial charge in [0.2, 0.25) is 5.90 Å². The summed E-state index contributed by atoms with van der Waals surface area (Å²) in [6, 6.07) is -0.726. The number of amides is 2. The highest BCUT2D eigenvalue weighted by molar-refractivity contribution is 5.89. The molecule has 1 fully saturated rings. The van der Waals surface area contributed by atoms with Crippen LogP contribution in [0.5, 0.6) is 0 Å². The summed E-state index contributed by atoms with van der Waals surface area (Å²) in [4.78, 5) is 11.5. The molecule has 116 valence electrons. The topological polar surface area (TPSA) is 175 Å². The molecule has 0 unspecified atom stereocenters. The number of carbonyl (C=O) groups excluding carboxylic acids is 1. The van der Waals surface area contributed by atoms with Crippen molar-refractivity contribution in [2.75, 3.05) is 5.32 Å². The lowest BCUT2D eigenvalue weighted by molar-refractivity contribution is 0.251. The molecule has 1 saturated carbocycles. The van der Waals surface area contributed by atoms with Gasteiger partial charge in [-0.15, -0.1) is 10.2 Å². The van der Waals surface area contributed by atoms with Gasteiger partial charge >= 0.3 is 6.03 Å². The third-order valence-electron chi connectivity index (χ3n) is 2.87. The van der Waals surface area contributed by atoms with Crippen LogP contribution < -0.4 is 16.5 Å². The number of aromatic nitrogens is 3. The first kappa shape index (κ1) is 15.3. The molecule has 2 rings (SSSR count). The van der Waals surface area contributed by atoms with Crippen LogP contribution in [0.2, 0.25) is 0 Å². The number of nitrogens with zero attached hydrogens (tertiary/aromatic N) is 4. The van der Waals surface area contributed by atoms with Gasteiger partial charge in [-0.2, -0.15) is 5.53 Å². The third kappa shape index (κ3) is 3.94. The molecule has 1 aromatic rings. The average molecular weight is 305 g/mol. The Kier molecular flexibility index (Phi) is 4.90. The smallest absolute Gasteiger partial charge is 0.342 e. The average Bonchev–Trinajstić information content (AvgIpc) is 3.31. The first-order valence-electron chi connectivity index (χ1n) is 6.41. The van der Waals surface area contributed by atoms with Crippen molar-refractivity contribution in [1.29, 1.82) is 10.9 Å². The Hall–Kier alpha value is -3.11. The summed E-state index contributed by atoms with van der Waals surface area (Å²) in [6.45, 7) is -0.00877. The van der Waals surface area contributed by atoms with Gasteiger partial charge in [-0.05, 0) is 24.3 Å². The fourth-order valence-corrected chi connectivity index (χ4v) is 1.76. The third-order valence-corrected chi connectivity index (χ3v) is 2.87. The van der Waals surface area contributed by atoms with Crippen molar-refractivity contribution >= 4 is 17.7 Å². The van der Waals surface area contributed by atoms with E-state index in [4.69, 9.17) is 21.4 Å². The van der Waals surface area contributed by atoms with Crippen molar-refractivity contribution in [3.8, 4) is 0 Å². The van der Waals surface area contributed by atoms with Gasteiger partial charge in [0.1, 0.15) is 6.61 Å². The van der Waals surface area contributed by atoms with Crippen LogP contribution in [0.4, 0.5) is 10.6 Å². The number of rotatable bonds is 6. The molecule has 0 bridgehead atoms. The first-order chi connectivity index (χ1) is 10.7. The summed E-state index contributed by atoms with van der Waals surface area (Å²) in [5, 5.41) is 24.1. The quantitative estimate of drug-likeness (QED) is 0.224. The number of carbonyl (C=O) groups is 1. The molecule has 6 N–H and O–H groups in total. The van der Waals surface area contributed by atoms with Gasteiger partial charge in [-0.3, -0.25) is 10.7 Å². The lowest BCUT2D eigenvalue weighted by Crippen LogP contribution is -2.25. The molecule has 1 aliphatic rings. The van der Waals surface area contributed by atoms with Crippen LogP contribution in [-0.4, -0.2) is 27.3 Å². The van der Waals surface area contributed by atoms with Gasteiger partial charge < -0.3 is 10.5 Å². The Morgan fingerprint density at radius 2 is 2.27 bits per heavy atom. The van der Waals surface area contributed by atoms with Gasteiger partial charge in [0.15, 0.2) is 5.82 Å². The van der Waals surface area contributed by atoms with E-state index in [1.165, 1.54) is 12.3 Å². The van der Waals surface area contributed by atoms with Crippen LogP contribution in [-0.2, 0) is 11.3 Å². The largest absolute Gasteiger partial charge is 0.473 e. The van der Waals surface area contributed by atoms with E-state index in [2.05, 4.69) is 26.0 Å². The second kappa shape index (κ2) is 7.06. The maximum Gasteiger partial charge on any atom is 0.342 e. The molecule has 0 radical (unpaired) electrons. The number of hydrogen-bond donors (Lipinski definition) is 5. The highest BCUT2D eigenvalue weighted by Gasteiger charge is 2.30. The monoisotopic (exact) mass is 305 g/mol. The molecule has 0 saturated heterocycles. The number of nitrogens with two attached hydrogens (primary N) is 1. The van der Waals surface area contributed by atoms with Crippen molar-refractivity contribution in [3.63, 3.8) is 0 Å². The van der Waals surface area contributed by atoms with Crippen molar-refractivity contribution in [2.24, 2.45) is 11.0 Å². The number of anilines is 1. The molecule has 22 heavy (non-hydrogen) atoms.